The number of benzene rings is 1. The Morgan fingerprint density at radius 3 is 3.00 bits per heavy atom. The summed E-state index contributed by atoms with van der Waals surface area (Å²) in [6.45, 7) is 0. The Morgan fingerprint density at radius 2 is 2.42 bits per heavy atom. The van der Waals surface area contributed by atoms with Crippen LogP contribution in [0.1, 0.15) is 32.1 Å². The number of halogens is 1. The van der Waals surface area contributed by atoms with E-state index in [1.54, 1.807) is 12.1 Å². The lowest BCUT2D eigenvalue weighted by Crippen LogP contribution is -2.17. The number of fused-ring (bicyclic) bond motifs is 1. The standard InChI is InChI=1S/C15H18FNO2/c1-19-11-4-5-13(12(16)7-11)17-14(18)9-15-6-2-3-10(15)8-15/h4-5,7,10H,2-3,6,8-9H2,1H3,(H,17,18). The highest BCUT2D eigenvalue weighted by Gasteiger charge is 2.57. The van der Waals surface area contributed by atoms with Crippen LogP contribution in [0.25, 0.3) is 0 Å². The van der Waals surface area contributed by atoms with Crippen LogP contribution in [-0.4, -0.2) is 13.0 Å². The molecule has 0 bridgehead atoms. The number of hydrogen-bond acceptors (Lipinski definition) is 2. The van der Waals surface area contributed by atoms with Crippen molar-refractivity contribution in [3.8, 4) is 5.75 Å². The van der Waals surface area contributed by atoms with Gasteiger partial charge in [-0.2, -0.15) is 0 Å². The molecular formula is C15H18FNO2. The minimum absolute atomic E-state index is 0.0755. The minimum atomic E-state index is -0.455. The Balaban J connectivity index is 1.63. The number of amides is 1. The largest absolute Gasteiger partial charge is 0.497 e. The van der Waals surface area contributed by atoms with E-state index in [-0.39, 0.29) is 17.0 Å². The summed E-state index contributed by atoms with van der Waals surface area (Å²) in [6.07, 6.45) is 5.34. The zero-order valence-electron chi connectivity index (χ0n) is 11.0. The molecule has 2 fully saturated rings. The van der Waals surface area contributed by atoms with Gasteiger partial charge < -0.3 is 10.1 Å². The Hall–Kier alpha value is -1.58. The Kier molecular flexibility index (Phi) is 2.96. The number of nitrogens with one attached hydrogen (secondary N) is 1. The molecule has 0 saturated heterocycles. The van der Waals surface area contributed by atoms with E-state index in [0.29, 0.717) is 12.2 Å². The maximum atomic E-state index is 13.7. The fraction of sp³-hybridized carbons (Fsp3) is 0.533. The molecule has 2 aliphatic carbocycles. The van der Waals surface area contributed by atoms with E-state index >= 15 is 0 Å². The zero-order chi connectivity index (χ0) is 13.5. The molecule has 0 radical (unpaired) electrons. The third kappa shape index (κ3) is 2.31. The summed E-state index contributed by atoms with van der Waals surface area (Å²) >= 11 is 0. The molecule has 3 rings (SSSR count). The number of carbonyl (C=O) groups is 1. The fourth-order valence-corrected chi connectivity index (χ4v) is 3.39. The van der Waals surface area contributed by atoms with Gasteiger partial charge in [0, 0.05) is 12.5 Å². The molecule has 1 amide bonds. The average molecular weight is 263 g/mol. The number of carbonyl (C=O) groups excluding carboxylic acids is 1. The second kappa shape index (κ2) is 4.51. The molecule has 0 spiro atoms. The summed E-state index contributed by atoms with van der Waals surface area (Å²) < 4.78 is 18.7. The van der Waals surface area contributed by atoms with Gasteiger partial charge in [-0.3, -0.25) is 4.79 Å². The summed E-state index contributed by atoms with van der Waals surface area (Å²) in [4.78, 5) is 12.0. The predicted octanol–water partition coefficient (Wildman–Crippen LogP) is 3.35. The molecular weight excluding hydrogens is 245 g/mol. The van der Waals surface area contributed by atoms with Gasteiger partial charge in [0.05, 0.1) is 12.8 Å². The van der Waals surface area contributed by atoms with E-state index in [4.69, 9.17) is 4.74 Å². The summed E-state index contributed by atoms with van der Waals surface area (Å²) in [7, 11) is 1.49. The van der Waals surface area contributed by atoms with Crippen molar-refractivity contribution in [3.05, 3.63) is 24.0 Å². The monoisotopic (exact) mass is 263 g/mol. The summed E-state index contributed by atoms with van der Waals surface area (Å²) in [6, 6.07) is 4.47. The number of ether oxygens (including phenoxy) is 1. The second-order valence-electron chi connectivity index (χ2n) is 5.73. The van der Waals surface area contributed by atoms with Gasteiger partial charge in [0.2, 0.25) is 5.91 Å². The van der Waals surface area contributed by atoms with Gasteiger partial charge in [-0.25, -0.2) is 4.39 Å². The van der Waals surface area contributed by atoms with E-state index in [1.165, 1.54) is 32.4 Å². The van der Waals surface area contributed by atoms with Crippen LogP contribution in [0.2, 0.25) is 0 Å². The summed E-state index contributed by atoms with van der Waals surface area (Å²) in [5, 5.41) is 2.67. The predicted molar refractivity (Wildman–Crippen MR) is 70.6 cm³/mol. The lowest BCUT2D eigenvalue weighted by molar-refractivity contribution is -0.117. The molecule has 19 heavy (non-hydrogen) atoms. The molecule has 3 nitrogen and oxygen atoms in total. The van der Waals surface area contributed by atoms with Crippen molar-refractivity contribution < 1.29 is 13.9 Å². The van der Waals surface area contributed by atoms with Gasteiger partial charge in [-0.15, -0.1) is 0 Å². The van der Waals surface area contributed by atoms with Crippen LogP contribution in [0.5, 0.6) is 5.75 Å². The Bertz CT molecular complexity index is 517. The van der Waals surface area contributed by atoms with Crippen molar-refractivity contribution in [2.24, 2.45) is 11.3 Å². The first-order valence-corrected chi connectivity index (χ1v) is 6.76. The van der Waals surface area contributed by atoms with Gasteiger partial charge in [0.1, 0.15) is 11.6 Å². The molecule has 2 saturated carbocycles. The average Bonchev–Trinajstić information content (AvgIpc) is 2.92. The third-order valence-corrected chi connectivity index (χ3v) is 4.55. The number of methoxy groups -OCH3 is 1. The Labute approximate surface area is 112 Å². The quantitative estimate of drug-likeness (QED) is 0.904. The van der Waals surface area contributed by atoms with Gasteiger partial charge in [0.25, 0.3) is 0 Å². The molecule has 2 aliphatic rings. The van der Waals surface area contributed by atoms with E-state index in [0.717, 1.165) is 12.3 Å². The molecule has 1 aromatic carbocycles. The molecule has 0 aliphatic heterocycles. The maximum absolute atomic E-state index is 13.7. The van der Waals surface area contributed by atoms with Gasteiger partial charge in [-0.05, 0) is 42.7 Å². The summed E-state index contributed by atoms with van der Waals surface area (Å²) in [5.41, 5.74) is 0.477. The number of anilines is 1. The molecule has 2 atom stereocenters. The molecule has 1 N–H and O–H groups in total. The van der Waals surface area contributed by atoms with E-state index < -0.39 is 5.82 Å². The van der Waals surface area contributed by atoms with Crippen LogP contribution in [0.4, 0.5) is 10.1 Å². The van der Waals surface area contributed by atoms with Crippen LogP contribution < -0.4 is 10.1 Å². The van der Waals surface area contributed by atoms with E-state index in [9.17, 15) is 9.18 Å². The number of hydrogen-bond donors (Lipinski definition) is 1. The van der Waals surface area contributed by atoms with Crippen molar-refractivity contribution >= 4 is 11.6 Å². The van der Waals surface area contributed by atoms with Crippen LogP contribution in [0.3, 0.4) is 0 Å². The second-order valence-corrected chi connectivity index (χ2v) is 5.73. The highest BCUT2D eigenvalue weighted by atomic mass is 19.1. The first-order chi connectivity index (χ1) is 9.13. The molecule has 0 heterocycles. The van der Waals surface area contributed by atoms with Crippen molar-refractivity contribution in [2.75, 3.05) is 12.4 Å². The van der Waals surface area contributed by atoms with Crippen molar-refractivity contribution in [1.82, 2.24) is 0 Å². The van der Waals surface area contributed by atoms with Crippen LogP contribution >= 0.6 is 0 Å². The Morgan fingerprint density at radius 1 is 1.58 bits per heavy atom. The molecule has 1 aromatic rings. The van der Waals surface area contributed by atoms with Gasteiger partial charge >= 0.3 is 0 Å². The smallest absolute Gasteiger partial charge is 0.225 e. The lowest BCUT2D eigenvalue weighted by Gasteiger charge is -2.12. The number of rotatable bonds is 4. The van der Waals surface area contributed by atoms with Crippen molar-refractivity contribution in [1.29, 1.82) is 0 Å². The van der Waals surface area contributed by atoms with E-state index in [1.807, 2.05) is 0 Å². The molecule has 102 valence electrons. The minimum Gasteiger partial charge on any atom is -0.497 e. The fourth-order valence-electron chi connectivity index (χ4n) is 3.39. The highest BCUT2D eigenvalue weighted by molar-refractivity contribution is 5.91. The zero-order valence-corrected chi connectivity index (χ0v) is 11.0. The van der Waals surface area contributed by atoms with Crippen LogP contribution in [0, 0.1) is 17.2 Å². The first kappa shape index (κ1) is 12.5. The lowest BCUT2D eigenvalue weighted by atomic mass is 9.99. The molecule has 4 heteroatoms. The van der Waals surface area contributed by atoms with Gasteiger partial charge in [-0.1, -0.05) is 6.42 Å². The first-order valence-electron chi connectivity index (χ1n) is 6.76. The topological polar surface area (TPSA) is 38.3 Å². The van der Waals surface area contributed by atoms with Crippen molar-refractivity contribution in [2.45, 2.75) is 32.1 Å². The van der Waals surface area contributed by atoms with E-state index in [2.05, 4.69) is 5.32 Å². The highest BCUT2D eigenvalue weighted by Crippen LogP contribution is 2.65. The maximum Gasteiger partial charge on any atom is 0.225 e. The normalized spacial score (nSPS) is 27.8. The summed E-state index contributed by atoms with van der Waals surface area (Å²) in [5.74, 6) is 0.656. The van der Waals surface area contributed by atoms with Crippen LogP contribution in [0.15, 0.2) is 18.2 Å². The molecule has 0 aromatic heterocycles. The SMILES string of the molecule is COc1ccc(NC(=O)CC23CCCC2C3)c(F)c1. The molecule has 2 unspecified atom stereocenters. The third-order valence-electron chi connectivity index (χ3n) is 4.55. The van der Waals surface area contributed by atoms with Crippen LogP contribution in [-0.2, 0) is 4.79 Å². The van der Waals surface area contributed by atoms with Crippen molar-refractivity contribution in [3.63, 3.8) is 0 Å². The van der Waals surface area contributed by atoms with Gasteiger partial charge in [0.15, 0.2) is 0 Å².